The summed E-state index contributed by atoms with van der Waals surface area (Å²) in [6.07, 6.45) is 6.21. The molecule has 6 heteroatoms. The van der Waals surface area contributed by atoms with Gasteiger partial charge in [0, 0.05) is 31.5 Å². The molecule has 0 spiro atoms. The number of nitrogens with zero attached hydrogens (tertiary/aromatic N) is 3. The lowest BCUT2D eigenvalue weighted by atomic mass is 10.1. The number of aromatic nitrogens is 2. The molecule has 2 aromatic rings. The molecule has 1 aromatic heterocycles. The van der Waals surface area contributed by atoms with Crippen molar-refractivity contribution in [3.63, 3.8) is 0 Å². The van der Waals surface area contributed by atoms with Crippen molar-refractivity contribution in [3.8, 4) is 0 Å². The van der Waals surface area contributed by atoms with Gasteiger partial charge in [0.05, 0.1) is 11.3 Å². The Morgan fingerprint density at radius 2 is 2.32 bits per heavy atom. The third-order valence-corrected chi connectivity index (χ3v) is 2.75. The number of nitrogens with one attached hydrogen (secondary N) is 1. The van der Waals surface area contributed by atoms with Crippen LogP contribution in [0.15, 0.2) is 36.9 Å². The van der Waals surface area contributed by atoms with E-state index >= 15 is 0 Å². The van der Waals surface area contributed by atoms with Gasteiger partial charge in [-0.05, 0) is 18.1 Å². The molecule has 0 radical (unpaired) electrons. The Morgan fingerprint density at radius 3 is 2.95 bits per heavy atom. The van der Waals surface area contributed by atoms with Gasteiger partial charge in [0.2, 0.25) is 0 Å². The first-order valence-corrected chi connectivity index (χ1v) is 6.17. The Labute approximate surface area is 111 Å². The van der Waals surface area contributed by atoms with Crippen LogP contribution in [0.4, 0.5) is 11.4 Å². The summed E-state index contributed by atoms with van der Waals surface area (Å²) in [5.74, 6) is 0. The fourth-order valence-electron chi connectivity index (χ4n) is 1.83. The minimum absolute atomic E-state index is 0.114. The Kier molecular flexibility index (Phi) is 4.12. The van der Waals surface area contributed by atoms with Crippen molar-refractivity contribution in [2.45, 2.75) is 19.9 Å². The first-order valence-electron chi connectivity index (χ1n) is 6.17. The number of imidazole rings is 1. The average Bonchev–Trinajstić information content (AvgIpc) is 2.89. The molecule has 0 saturated heterocycles. The molecule has 0 bridgehead atoms. The van der Waals surface area contributed by atoms with Crippen molar-refractivity contribution in [1.29, 1.82) is 0 Å². The Morgan fingerprint density at radius 1 is 1.47 bits per heavy atom. The highest BCUT2D eigenvalue weighted by molar-refractivity contribution is 5.62. The molecule has 19 heavy (non-hydrogen) atoms. The topological polar surface area (TPSA) is 73.0 Å². The van der Waals surface area contributed by atoms with Crippen molar-refractivity contribution in [2.24, 2.45) is 0 Å². The van der Waals surface area contributed by atoms with E-state index in [0.717, 1.165) is 18.5 Å². The second-order valence-electron chi connectivity index (χ2n) is 4.27. The minimum Gasteiger partial charge on any atom is -0.379 e. The van der Waals surface area contributed by atoms with Gasteiger partial charge in [0.15, 0.2) is 0 Å². The summed E-state index contributed by atoms with van der Waals surface area (Å²) >= 11 is 0. The second kappa shape index (κ2) is 5.99. The predicted octanol–water partition coefficient (Wildman–Crippen LogP) is 2.66. The molecular formula is C13H16N4O2. The van der Waals surface area contributed by atoms with E-state index in [-0.39, 0.29) is 10.6 Å². The standard InChI is InChI=1S/C13H16N4O2/c1-2-5-15-12-8-11(3-4-13(12)17(18)19)9-16-7-6-14-10-16/h3-4,6-8,10,15H,2,5,9H2,1H3. The third kappa shape index (κ3) is 3.31. The molecule has 1 aromatic carbocycles. The molecule has 1 N–H and O–H groups in total. The normalized spacial score (nSPS) is 10.4. The summed E-state index contributed by atoms with van der Waals surface area (Å²) in [5, 5.41) is 14.1. The van der Waals surface area contributed by atoms with Crippen molar-refractivity contribution in [3.05, 3.63) is 52.6 Å². The first-order chi connectivity index (χ1) is 9.20. The molecule has 0 aliphatic rings. The van der Waals surface area contributed by atoms with Gasteiger partial charge in [-0.3, -0.25) is 10.1 Å². The molecule has 6 nitrogen and oxygen atoms in total. The summed E-state index contributed by atoms with van der Waals surface area (Å²) in [5.41, 5.74) is 1.69. The van der Waals surface area contributed by atoms with E-state index < -0.39 is 0 Å². The molecule has 0 atom stereocenters. The number of anilines is 1. The van der Waals surface area contributed by atoms with Crippen LogP contribution in [-0.2, 0) is 6.54 Å². The maximum atomic E-state index is 11.0. The lowest BCUT2D eigenvalue weighted by Gasteiger charge is -2.09. The van der Waals surface area contributed by atoms with Gasteiger partial charge in [-0.15, -0.1) is 0 Å². The van der Waals surface area contributed by atoms with E-state index in [9.17, 15) is 10.1 Å². The van der Waals surface area contributed by atoms with Gasteiger partial charge in [-0.25, -0.2) is 4.98 Å². The lowest BCUT2D eigenvalue weighted by Crippen LogP contribution is -2.05. The van der Waals surface area contributed by atoms with Crippen molar-refractivity contribution in [1.82, 2.24) is 9.55 Å². The SMILES string of the molecule is CCCNc1cc(Cn2ccnc2)ccc1[N+](=O)[O-]. The molecule has 0 aliphatic heterocycles. The zero-order valence-corrected chi connectivity index (χ0v) is 10.7. The van der Waals surface area contributed by atoms with Crippen LogP contribution in [0.3, 0.4) is 0 Å². The van der Waals surface area contributed by atoms with Gasteiger partial charge >= 0.3 is 0 Å². The van der Waals surface area contributed by atoms with Crippen LogP contribution in [0, 0.1) is 10.1 Å². The highest BCUT2D eigenvalue weighted by Crippen LogP contribution is 2.25. The number of benzene rings is 1. The fourth-order valence-corrected chi connectivity index (χ4v) is 1.83. The summed E-state index contributed by atoms with van der Waals surface area (Å²) in [6, 6.07) is 5.15. The zero-order valence-electron chi connectivity index (χ0n) is 10.7. The van der Waals surface area contributed by atoms with Crippen LogP contribution >= 0.6 is 0 Å². The maximum absolute atomic E-state index is 11.0. The molecule has 1 heterocycles. The highest BCUT2D eigenvalue weighted by Gasteiger charge is 2.13. The lowest BCUT2D eigenvalue weighted by molar-refractivity contribution is -0.384. The fraction of sp³-hybridized carbons (Fsp3) is 0.308. The Hall–Kier alpha value is -2.37. The summed E-state index contributed by atoms with van der Waals surface area (Å²) in [4.78, 5) is 14.6. The Bertz CT molecular complexity index is 552. The monoisotopic (exact) mass is 260 g/mol. The molecule has 0 unspecified atom stereocenters. The number of nitro groups is 1. The molecule has 0 amide bonds. The van der Waals surface area contributed by atoms with E-state index in [0.29, 0.717) is 12.2 Å². The molecule has 0 fully saturated rings. The van der Waals surface area contributed by atoms with E-state index in [1.807, 2.05) is 23.8 Å². The summed E-state index contributed by atoms with van der Waals surface area (Å²) < 4.78 is 1.92. The number of rotatable bonds is 6. The Balaban J connectivity index is 2.24. The molecule has 2 rings (SSSR count). The quantitative estimate of drug-likeness (QED) is 0.640. The predicted molar refractivity (Wildman–Crippen MR) is 73.2 cm³/mol. The van der Waals surface area contributed by atoms with E-state index in [1.54, 1.807) is 24.7 Å². The van der Waals surface area contributed by atoms with Gasteiger partial charge < -0.3 is 9.88 Å². The first kappa shape index (κ1) is 13.1. The van der Waals surface area contributed by atoms with Crippen LogP contribution in [0.5, 0.6) is 0 Å². The largest absolute Gasteiger partial charge is 0.379 e. The zero-order chi connectivity index (χ0) is 13.7. The molecule has 0 aliphatic carbocycles. The number of nitro benzene ring substituents is 1. The van der Waals surface area contributed by atoms with Crippen LogP contribution in [0.1, 0.15) is 18.9 Å². The van der Waals surface area contributed by atoms with Gasteiger partial charge in [-0.2, -0.15) is 0 Å². The third-order valence-electron chi connectivity index (χ3n) is 2.75. The van der Waals surface area contributed by atoms with Crippen molar-refractivity contribution < 1.29 is 4.92 Å². The van der Waals surface area contributed by atoms with Crippen LogP contribution in [-0.4, -0.2) is 21.0 Å². The number of hydrogen-bond acceptors (Lipinski definition) is 4. The smallest absolute Gasteiger partial charge is 0.292 e. The van der Waals surface area contributed by atoms with Crippen molar-refractivity contribution in [2.75, 3.05) is 11.9 Å². The molecule has 100 valence electrons. The molecular weight excluding hydrogens is 244 g/mol. The second-order valence-corrected chi connectivity index (χ2v) is 4.27. The van der Waals surface area contributed by atoms with E-state index in [4.69, 9.17) is 0 Å². The van der Waals surface area contributed by atoms with Crippen LogP contribution < -0.4 is 5.32 Å². The van der Waals surface area contributed by atoms with Gasteiger partial charge in [0.25, 0.3) is 5.69 Å². The van der Waals surface area contributed by atoms with Gasteiger partial charge in [0.1, 0.15) is 5.69 Å². The minimum atomic E-state index is -0.362. The summed E-state index contributed by atoms with van der Waals surface area (Å²) in [7, 11) is 0. The van der Waals surface area contributed by atoms with Crippen molar-refractivity contribution >= 4 is 11.4 Å². The maximum Gasteiger partial charge on any atom is 0.292 e. The average molecular weight is 260 g/mol. The summed E-state index contributed by atoms with van der Waals surface area (Å²) in [6.45, 7) is 3.39. The molecule has 0 saturated carbocycles. The number of hydrogen-bond donors (Lipinski definition) is 1. The van der Waals surface area contributed by atoms with E-state index in [2.05, 4.69) is 10.3 Å². The van der Waals surface area contributed by atoms with Crippen LogP contribution in [0.25, 0.3) is 0 Å². The highest BCUT2D eigenvalue weighted by atomic mass is 16.6. The van der Waals surface area contributed by atoms with Gasteiger partial charge in [-0.1, -0.05) is 13.0 Å². The van der Waals surface area contributed by atoms with Crippen LogP contribution in [0.2, 0.25) is 0 Å². The van der Waals surface area contributed by atoms with E-state index in [1.165, 1.54) is 0 Å².